The van der Waals surface area contributed by atoms with E-state index in [-0.39, 0.29) is 5.84 Å². The second kappa shape index (κ2) is 8.79. The van der Waals surface area contributed by atoms with Gasteiger partial charge >= 0.3 is 0 Å². The molecule has 5 N–H and O–H groups in total. The number of rotatable bonds is 5. The zero-order valence-electron chi connectivity index (χ0n) is 16.3. The fourth-order valence-corrected chi connectivity index (χ4v) is 3.65. The Morgan fingerprint density at radius 1 is 1.24 bits per heavy atom. The number of nitrogens with zero attached hydrogens (tertiary/aromatic N) is 3. The molecule has 2 aliphatic rings. The number of nitrogens with two attached hydrogens (primary N) is 1. The van der Waals surface area contributed by atoms with Gasteiger partial charge in [-0.05, 0) is 42.7 Å². The number of oxime groups is 1. The fraction of sp³-hybridized carbons (Fsp3) is 0.273. The highest BCUT2D eigenvalue weighted by molar-refractivity contribution is 6.03. The summed E-state index contributed by atoms with van der Waals surface area (Å²) in [5, 5.41) is 15.8. The fourth-order valence-electron chi connectivity index (χ4n) is 3.65. The van der Waals surface area contributed by atoms with Crippen molar-refractivity contribution in [1.82, 2.24) is 15.3 Å². The third kappa shape index (κ3) is 4.41. The molecule has 1 fully saturated rings. The normalized spacial score (nSPS) is 17.7. The summed E-state index contributed by atoms with van der Waals surface area (Å²) in [6, 6.07) is 5.94. The third-order valence-corrected chi connectivity index (χ3v) is 5.22. The minimum Gasteiger partial charge on any atom is -0.409 e. The standard InChI is InChI=1S/C22H26N6O/c23-21(27-29)19-15-20(26-22(19)28-12-10-24-11-13-28)17-8-9-25-18(14-17)7-6-16-4-2-1-3-5-16/h1-2,4,6-9,14-15,24,26,29H,3,5,10-13H2,(H2,23,27)/b7-6+. The van der Waals surface area contributed by atoms with E-state index in [1.807, 2.05) is 24.3 Å². The van der Waals surface area contributed by atoms with Crippen molar-refractivity contribution >= 4 is 17.7 Å². The van der Waals surface area contributed by atoms with E-state index in [0.717, 1.165) is 61.8 Å². The molecule has 0 bridgehead atoms. The molecule has 1 aliphatic carbocycles. The summed E-state index contributed by atoms with van der Waals surface area (Å²) in [5.74, 6) is 0.984. The van der Waals surface area contributed by atoms with Crippen LogP contribution in [0.1, 0.15) is 24.1 Å². The first kappa shape index (κ1) is 19.0. The maximum absolute atomic E-state index is 9.22. The van der Waals surface area contributed by atoms with Crippen molar-refractivity contribution in [3.63, 3.8) is 0 Å². The summed E-state index contributed by atoms with van der Waals surface area (Å²) >= 11 is 0. The zero-order chi connectivity index (χ0) is 20.1. The van der Waals surface area contributed by atoms with Crippen LogP contribution in [-0.4, -0.2) is 47.2 Å². The smallest absolute Gasteiger partial charge is 0.173 e. The summed E-state index contributed by atoms with van der Waals surface area (Å²) in [6.07, 6.45) is 14.5. The van der Waals surface area contributed by atoms with Crippen LogP contribution in [0.3, 0.4) is 0 Å². The van der Waals surface area contributed by atoms with E-state index in [2.05, 4.69) is 49.6 Å². The molecule has 2 aromatic rings. The van der Waals surface area contributed by atoms with E-state index >= 15 is 0 Å². The van der Waals surface area contributed by atoms with Gasteiger partial charge in [0.1, 0.15) is 5.82 Å². The largest absolute Gasteiger partial charge is 0.409 e. The Balaban J connectivity index is 1.64. The van der Waals surface area contributed by atoms with Crippen molar-refractivity contribution in [3.8, 4) is 11.3 Å². The Hall–Kier alpha value is -3.32. The first-order valence-electron chi connectivity index (χ1n) is 9.91. The van der Waals surface area contributed by atoms with Crippen molar-refractivity contribution in [2.75, 3.05) is 31.1 Å². The molecule has 7 nitrogen and oxygen atoms in total. The molecule has 29 heavy (non-hydrogen) atoms. The number of allylic oxidation sites excluding steroid dienone is 5. The number of amidine groups is 1. The van der Waals surface area contributed by atoms with E-state index in [4.69, 9.17) is 5.73 Å². The number of hydrogen-bond acceptors (Lipinski definition) is 5. The SMILES string of the molecule is NC(=NO)c1cc(-c2ccnc(/C=C/C3=CC=CCC3)c2)[nH]c1N1CCNCC1. The van der Waals surface area contributed by atoms with E-state index in [9.17, 15) is 5.21 Å². The Labute approximate surface area is 170 Å². The van der Waals surface area contributed by atoms with Crippen LogP contribution < -0.4 is 16.0 Å². The van der Waals surface area contributed by atoms with Gasteiger partial charge in [0, 0.05) is 43.6 Å². The Morgan fingerprint density at radius 2 is 2.10 bits per heavy atom. The van der Waals surface area contributed by atoms with Crippen molar-refractivity contribution in [1.29, 1.82) is 0 Å². The average molecular weight is 390 g/mol. The number of aromatic amines is 1. The van der Waals surface area contributed by atoms with E-state index in [1.165, 1.54) is 5.57 Å². The van der Waals surface area contributed by atoms with E-state index < -0.39 is 0 Å². The summed E-state index contributed by atoms with van der Waals surface area (Å²) in [5.41, 5.74) is 10.8. The predicted molar refractivity (Wildman–Crippen MR) is 117 cm³/mol. The Morgan fingerprint density at radius 3 is 2.86 bits per heavy atom. The van der Waals surface area contributed by atoms with E-state index in [0.29, 0.717) is 5.56 Å². The average Bonchev–Trinajstić information content (AvgIpc) is 3.24. The molecule has 1 aliphatic heterocycles. The molecule has 0 radical (unpaired) electrons. The number of pyridine rings is 1. The van der Waals surface area contributed by atoms with Gasteiger partial charge in [0.05, 0.1) is 11.3 Å². The lowest BCUT2D eigenvalue weighted by Crippen LogP contribution is -2.44. The topological polar surface area (TPSA) is 103 Å². The third-order valence-electron chi connectivity index (χ3n) is 5.22. The lowest BCUT2D eigenvalue weighted by Gasteiger charge is -2.29. The Bertz CT molecular complexity index is 979. The molecule has 0 unspecified atom stereocenters. The molecule has 3 heterocycles. The van der Waals surface area contributed by atoms with Gasteiger partial charge in [-0.2, -0.15) is 0 Å². The van der Waals surface area contributed by atoms with Crippen LogP contribution in [0.4, 0.5) is 5.82 Å². The summed E-state index contributed by atoms with van der Waals surface area (Å²) in [7, 11) is 0. The van der Waals surface area contributed by atoms with Gasteiger partial charge < -0.3 is 26.1 Å². The van der Waals surface area contributed by atoms with Gasteiger partial charge in [0.15, 0.2) is 5.84 Å². The van der Waals surface area contributed by atoms with Gasteiger partial charge in [0.2, 0.25) is 0 Å². The molecule has 1 saturated heterocycles. The molecule has 4 rings (SSSR count). The lowest BCUT2D eigenvalue weighted by atomic mass is 10.0. The highest BCUT2D eigenvalue weighted by Crippen LogP contribution is 2.28. The molecule has 2 aromatic heterocycles. The second-order valence-electron chi connectivity index (χ2n) is 7.18. The summed E-state index contributed by atoms with van der Waals surface area (Å²) in [6.45, 7) is 3.53. The van der Waals surface area contributed by atoms with Crippen LogP contribution in [0, 0.1) is 0 Å². The van der Waals surface area contributed by atoms with Gasteiger partial charge in [-0.1, -0.05) is 29.5 Å². The zero-order valence-corrected chi connectivity index (χ0v) is 16.3. The van der Waals surface area contributed by atoms with Gasteiger partial charge in [-0.3, -0.25) is 4.98 Å². The number of nitrogens with one attached hydrogen (secondary N) is 2. The van der Waals surface area contributed by atoms with Gasteiger partial charge in [-0.15, -0.1) is 0 Å². The van der Waals surface area contributed by atoms with Crippen LogP contribution in [0.15, 0.2) is 59.4 Å². The van der Waals surface area contributed by atoms with Gasteiger partial charge in [-0.25, -0.2) is 0 Å². The predicted octanol–water partition coefficient (Wildman–Crippen LogP) is 2.87. The highest BCUT2D eigenvalue weighted by atomic mass is 16.4. The lowest BCUT2D eigenvalue weighted by molar-refractivity contribution is 0.318. The number of hydrogen-bond donors (Lipinski definition) is 4. The summed E-state index contributed by atoms with van der Waals surface area (Å²) < 4.78 is 0. The highest BCUT2D eigenvalue weighted by Gasteiger charge is 2.20. The van der Waals surface area contributed by atoms with Crippen molar-refractivity contribution in [2.24, 2.45) is 10.9 Å². The summed E-state index contributed by atoms with van der Waals surface area (Å²) in [4.78, 5) is 10.2. The molecule has 0 amide bonds. The minimum atomic E-state index is 0.104. The second-order valence-corrected chi connectivity index (χ2v) is 7.18. The number of piperazine rings is 1. The van der Waals surface area contributed by atoms with Crippen LogP contribution in [0.2, 0.25) is 0 Å². The maximum atomic E-state index is 9.22. The van der Waals surface area contributed by atoms with Crippen LogP contribution in [0.25, 0.3) is 17.3 Å². The monoisotopic (exact) mass is 390 g/mol. The Kier molecular flexibility index (Phi) is 5.76. The number of anilines is 1. The van der Waals surface area contributed by atoms with Crippen molar-refractivity contribution in [3.05, 3.63) is 65.5 Å². The molecule has 0 saturated carbocycles. The molecular weight excluding hydrogens is 364 g/mol. The maximum Gasteiger partial charge on any atom is 0.173 e. The quantitative estimate of drug-likeness (QED) is 0.272. The van der Waals surface area contributed by atoms with Crippen LogP contribution >= 0.6 is 0 Å². The van der Waals surface area contributed by atoms with Crippen molar-refractivity contribution in [2.45, 2.75) is 12.8 Å². The molecule has 0 aromatic carbocycles. The van der Waals surface area contributed by atoms with Gasteiger partial charge in [0.25, 0.3) is 0 Å². The molecular formula is C22H26N6O. The first-order valence-corrected chi connectivity index (χ1v) is 9.91. The first-order chi connectivity index (χ1) is 14.2. The molecule has 7 heteroatoms. The number of H-pyrrole nitrogens is 1. The molecule has 150 valence electrons. The number of aromatic nitrogens is 2. The molecule has 0 atom stereocenters. The van der Waals surface area contributed by atoms with Crippen molar-refractivity contribution < 1.29 is 5.21 Å². The minimum absolute atomic E-state index is 0.104. The van der Waals surface area contributed by atoms with Crippen LogP contribution in [-0.2, 0) is 0 Å². The van der Waals surface area contributed by atoms with E-state index in [1.54, 1.807) is 6.20 Å². The molecule has 0 spiro atoms. The van der Waals surface area contributed by atoms with Crippen LogP contribution in [0.5, 0.6) is 0 Å².